The van der Waals surface area contributed by atoms with Gasteiger partial charge in [0.05, 0.1) is 6.61 Å². The van der Waals surface area contributed by atoms with Gasteiger partial charge in [0.15, 0.2) is 0 Å². The zero-order valence-corrected chi connectivity index (χ0v) is 14.5. The number of nitrogens with zero attached hydrogens (tertiary/aromatic N) is 1. The Morgan fingerprint density at radius 3 is 2.55 bits per heavy atom. The van der Waals surface area contributed by atoms with Gasteiger partial charge in [0.2, 0.25) is 5.91 Å². The lowest BCUT2D eigenvalue weighted by molar-refractivity contribution is -0.137. The predicted molar refractivity (Wildman–Crippen MR) is 90.0 cm³/mol. The SMILES string of the molecule is CCOCC1CCN(C(=O)C2CC3CCCC(C2)C3N)C1.Cl. The number of rotatable bonds is 4. The number of carbonyl (C=O) groups excluding carboxylic acids is 1. The number of hydrogen-bond donors (Lipinski definition) is 1. The molecule has 0 radical (unpaired) electrons. The molecular formula is C17H31ClN2O2. The molecule has 128 valence electrons. The number of hydrogen-bond acceptors (Lipinski definition) is 3. The first kappa shape index (κ1) is 18.0. The molecule has 22 heavy (non-hydrogen) atoms. The highest BCUT2D eigenvalue weighted by Gasteiger charge is 2.42. The molecule has 2 bridgehead atoms. The van der Waals surface area contributed by atoms with Gasteiger partial charge in [0.25, 0.3) is 0 Å². The topological polar surface area (TPSA) is 55.6 Å². The van der Waals surface area contributed by atoms with Gasteiger partial charge in [-0.3, -0.25) is 4.79 Å². The molecule has 1 heterocycles. The number of nitrogens with two attached hydrogens (primary N) is 1. The van der Waals surface area contributed by atoms with Crippen LogP contribution in [0.15, 0.2) is 0 Å². The van der Waals surface area contributed by atoms with E-state index in [9.17, 15) is 4.79 Å². The zero-order valence-electron chi connectivity index (χ0n) is 13.7. The average Bonchev–Trinajstić information content (AvgIpc) is 2.93. The molecule has 0 aromatic heterocycles. The summed E-state index contributed by atoms with van der Waals surface area (Å²) in [6.07, 6.45) is 6.93. The summed E-state index contributed by atoms with van der Waals surface area (Å²) in [5.74, 6) is 2.37. The molecule has 3 unspecified atom stereocenters. The molecule has 1 amide bonds. The second kappa shape index (κ2) is 7.98. The van der Waals surface area contributed by atoms with Gasteiger partial charge in [-0.05, 0) is 50.9 Å². The Morgan fingerprint density at radius 2 is 1.91 bits per heavy atom. The van der Waals surface area contributed by atoms with E-state index in [1.165, 1.54) is 19.3 Å². The van der Waals surface area contributed by atoms with E-state index < -0.39 is 0 Å². The van der Waals surface area contributed by atoms with Crippen molar-refractivity contribution in [1.29, 1.82) is 0 Å². The Labute approximate surface area is 140 Å². The predicted octanol–water partition coefficient (Wildman–Crippen LogP) is 2.45. The molecule has 1 aliphatic heterocycles. The summed E-state index contributed by atoms with van der Waals surface area (Å²) in [5, 5.41) is 0. The number of likely N-dealkylation sites (tertiary alicyclic amines) is 1. The summed E-state index contributed by atoms with van der Waals surface area (Å²) >= 11 is 0. The summed E-state index contributed by atoms with van der Waals surface area (Å²) in [4.78, 5) is 14.9. The van der Waals surface area contributed by atoms with Crippen LogP contribution in [0.4, 0.5) is 0 Å². The van der Waals surface area contributed by atoms with Crippen molar-refractivity contribution in [2.24, 2.45) is 29.4 Å². The second-order valence-electron chi connectivity index (χ2n) is 7.30. The van der Waals surface area contributed by atoms with Gasteiger partial charge in [0.1, 0.15) is 0 Å². The third-order valence-corrected chi connectivity index (χ3v) is 5.92. The maximum Gasteiger partial charge on any atom is 0.225 e. The van der Waals surface area contributed by atoms with Crippen molar-refractivity contribution >= 4 is 18.3 Å². The number of fused-ring (bicyclic) bond motifs is 2. The van der Waals surface area contributed by atoms with Crippen molar-refractivity contribution in [3.63, 3.8) is 0 Å². The van der Waals surface area contributed by atoms with Crippen LogP contribution in [0.3, 0.4) is 0 Å². The number of carbonyl (C=O) groups is 1. The van der Waals surface area contributed by atoms with Gasteiger partial charge in [-0.2, -0.15) is 0 Å². The first-order valence-electron chi connectivity index (χ1n) is 8.81. The Kier molecular flexibility index (Phi) is 6.54. The smallest absolute Gasteiger partial charge is 0.225 e. The van der Waals surface area contributed by atoms with Gasteiger partial charge in [0, 0.05) is 37.6 Å². The van der Waals surface area contributed by atoms with Crippen LogP contribution in [0.5, 0.6) is 0 Å². The standard InChI is InChI=1S/C17H30N2O2.ClH/c1-2-21-11-12-6-7-19(10-12)17(20)15-8-13-4-3-5-14(9-15)16(13)18;/h12-16H,2-11,18H2,1H3;1H. The summed E-state index contributed by atoms with van der Waals surface area (Å²) in [6, 6.07) is 0.354. The number of ether oxygens (including phenoxy) is 1. The van der Waals surface area contributed by atoms with Crippen LogP contribution in [0.25, 0.3) is 0 Å². The van der Waals surface area contributed by atoms with Gasteiger partial charge >= 0.3 is 0 Å². The van der Waals surface area contributed by atoms with Crippen LogP contribution in [0.2, 0.25) is 0 Å². The molecule has 2 N–H and O–H groups in total. The second-order valence-corrected chi connectivity index (χ2v) is 7.30. The summed E-state index contributed by atoms with van der Waals surface area (Å²) in [7, 11) is 0. The maximum absolute atomic E-state index is 12.8. The lowest BCUT2D eigenvalue weighted by Gasteiger charge is -2.44. The van der Waals surface area contributed by atoms with Gasteiger partial charge in [-0.1, -0.05) is 6.42 Å². The van der Waals surface area contributed by atoms with Crippen LogP contribution in [0.1, 0.15) is 45.4 Å². The largest absolute Gasteiger partial charge is 0.381 e. The highest BCUT2D eigenvalue weighted by Crippen LogP contribution is 2.42. The van der Waals surface area contributed by atoms with E-state index in [4.69, 9.17) is 10.5 Å². The van der Waals surface area contributed by atoms with Crippen molar-refractivity contribution in [3.05, 3.63) is 0 Å². The van der Waals surface area contributed by atoms with E-state index in [1.807, 2.05) is 6.92 Å². The van der Waals surface area contributed by atoms with E-state index >= 15 is 0 Å². The molecule has 3 fully saturated rings. The first-order valence-corrected chi connectivity index (χ1v) is 8.81. The van der Waals surface area contributed by atoms with Gasteiger partial charge < -0.3 is 15.4 Å². The summed E-state index contributed by atoms with van der Waals surface area (Å²) in [6.45, 7) is 5.43. The maximum atomic E-state index is 12.8. The highest BCUT2D eigenvalue weighted by atomic mass is 35.5. The monoisotopic (exact) mass is 330 g/mol. The molecule has 3 aliphatic rings. The Morgan fingerprint density at radius 1 is 1.23 bits per heavy atom. The minimum absolute atomic E-state index is 0. The van der Waals surface area contributed by atoms with Crippen LogP contribution < -0.4 is 5.73 Å². The molecule has 4 nitrogen and oxygen atoms in total. The van der Waals surface area contributed by atoms with Crippen LogP contribution >= 0.6 is 12.4 Å². The van der Waals surface area contributed by atoms with Crippen molar-refractivity contribution in [1.82, 2.24) is 4.90 Å². The normalized spacial score (nSPS) is 37.7. The van der Waals surface area contributed by atoms with E-state index in [-0.39, 0.29) is 18.3 Å². The third-order valence-electron chi connectivity index (χ3n) is 5.92. The third kappa shape index (κ3) is 3.77. The molecule has 0 aromatic carbocycles. The van der Waals surface area contributed by atoms with Crippen molar-refractivity contribution in [2.75, 3.05) is 26.3 Å². The lowest BCUT2D eigenvalue weighted by atomic mass is 9.65. The molecule has 2 aliphatic carbocycles. The molecular weight excluding hydrogens is 300 g/mol. The average molecular weight is 331 g/mol. The van der Waals surface area contributed by atoms with E-state index in [2.05, 4.69) is 4.90 Å². The minimum Gasteiger partial charge on any atom is -0.381 e. The Balaban J connectivity index is 0.00000176. The Bertz CT molecular complexity index is 366. The quantitative estimate of drug-likeness (QED) is 0.861. The van der Waals surface area contributed by atoms with Crippen molar-refractivity contribution in [2.45, 2.75) is 51.5 Å². The Hall–Kier alpha value is -0.320. The highest BCUT2D eigenvalue weighted by molar-refractivity contribution is 5.85. The van der Waals surface area contributed by atoms with E-state index in [1.54, 1.807) is 0 Å². The van der Waals surface area contributed by atoms with Crippen LogP contribution in [0, 0.1) is 23.7 Å². The minimum atomic E-state index is 0. The fraction of sp³-hybridized carbons (Fsp3) is 0.941. The molecule has 3 rings (SSSR count). The van der Waals surface area contributed by atoms with Crippen molar-refractivity contribution in [3.8, 4) is 0 Å². The number of amides is 1. The molecule has 2 saturated carbocycles. The first-order chi connectivity index (χ1) is 10.2. The number of halogens is 1. The van der Waals surface area contributed by atoms with E-state index in [0.717, 1.165) is 45.6 Å². The van der Waals surface area contributed by atoms with Crippen LogP contribution in [-0.2, 0) is 9.53 Å². The lowest BCUT2D eigenvalue weighted by Crippen LogP contribution is -2.49. The summed E-state index contributed by atoms with van der Waals surface area (Å²) in [5.41, 5.74) is 6.34. The zero-order chi connectivity index (χ0) is 14.8. The fourth-order valence-electron chi connectivity index (χ4n) is 4.70. The van der Waals surface area contributed by atoms with Gasteiger partial charge in [-0.15, -0.1) is 12.4 Å². The van der Waals surface area contributed by atoms with Crippen molar-refractivity contribution < 1.29 is 9.53 Å². The van der Waals surface area contributed by atoms with Crippen LogP contribution in [-0.4, -0.2) is 43.2 Å². The molecule has 3 atom stereocenters. The fourth-order valence-corrected chi connectivity index (χ4v) is 4.70. The van der Waals surface area contributed by atoms with E-state index in [0.29, 0.717) is 29.7 Å². The van der Waals surface area contributed by atoms with Gasteiger partial charge in [-0.25, -0.2) is 0 Å². The molecule has 0 aromatic rings. The molecule has 1 saturated heterocycles. The summed E-state index contributed by atoms with van der Waals surface area (Å²) < 4.78 is 5.51. The molecule has 0 spiro atoms. The molecule has 5 heteroatoms.